The first-order valence-corrected chi connectivity index (χ1v) is 12.0. The Morgan fingerprint density at radius 1 is 1.19 bits per heavy atom. The number of likely N-dealkylation sites (N-methyl/N-ethyl adjacent to an activating group) is 1. The van der Waals surface area contributed by atoms with Crippen LogP contribution in [0.4, 0.5) is 5.82 Å². The number of pyridine rings is 1. The molecule has 0 amide bonds. The summed E-state index contributed by atoms with van der Waals surface area (Å²) < 4.78 is 13.8. The molecule has 3 aromatic rings. The third-order valence-corrected chi connectivity index (χ3v) is 7.18. The first-order valence-electron chi connectivity index (χ1n) is 11.6. The monoisotopic (exact) mass is 458 g/mol. The number of aromatic nitrogens is 4. The van der Waals surface area contributed by atoms with Crippen LogP contribution in [-0.4, -0.2) is 76.5 Å². The minimum absolute atomic E-state index is 0.0523. The number of rotatable bonds is 6. The van der Waals surface area contributed by atoms with Gasteiger partial charge in [0.2, 0.25) is 0 Å². The van der Waals surface area contributed by atoms with Crippen LogP contribution in [0, 0.1) is 0 Å². The Kier molecular flexibility index (Phi) is 6.09. The van der Waals surface area contributed by atoms with Crippen molar-refractivity contribution in [1.29, 1.82) is 0 Å². The van der Waals surface area contributed by atoms with Crippen LogP contribution in [0.3, 0.4) is 0 Å². The molecule has 3 aromatic heterocycles. The second-order valence-electron chi connectivity index (χ2n) is 8.93. The maximum absolute atomic E-state index is 6.52. The molecule has 172 valence electrons. The predicted octanol–water partition coefficient (Wildman–Crippen LogP) is 3.80. The molecule has 5 heterocycles. The Morgan fingerprint density at radius 3 is 2.91 bits per heavy atom. The number of likely N-dealkylation sites (tertiary alicyclic amines) is 1. The van der Waals surface area contributed by atoms with Crippen molar-refractivity contribution in [1.82, 2.24) is 24.5 Å². The van der Waals surface area contributed by atoms with E-state index in [-0.39, 0.29) is 5.54 Å². The standard InChI is InChI=1S/C23H31ClN6O2/c1-3-7-23(8-4-10-28(23)2)16-32-22-26-17-15-19(24)30-18(6-9-25-30)20(17)21(27-22)29-11-5-13-31-14-12-29/h6,9,15H,3-5,7-8,10-14,16H2,1-2H3. The highest BCUT2D eigenvalue weighted by Crippen LogP contribution is 2.35. The molecule has 0 saturated carbocycles. The van der Waals surface area contributed by atoms with Gasteiger partial charge in [0, 0.05) is 25.8 Å². The van der Waals surface area contributed by atoms with Gasteiger partial charge in [0.15, 0.2) is 0 Å². The Morgan fingerprint density at radius 2 is 2.09 bits per heavy atom. The summed E-state index contributed by atoms with van der Waals surface area (Å²) in [4.78, 5) is 14.4. The zero-order valence-corrected chi connectivity index (χ0v) is 19.6. The van der Waals surface area contributed by atoms with Gasteiger partial charge in [-0.25, -0.2) is 4.52 Å². The highest BCUT2D eigenvalue weighted by Gasteiger charge is 2.39. The van der Waals surface area contributed by atoms with Crippen molar-refractivity contribution in [3.05, 3.63) is 23.5 Å². The largest absolute Gasteiger partial charge is 0.461 e. The molecular weight excluding hydrogens is 428 g/mol. The lowest BCUT2D eigenvalue weighted by Gasteiger charge is -2.35. The van der Waals surface area contributed by atoms with Crippen LogP contribution in [0.25, 0.3) is 16.4 Å². The average Bonchev–Trinajstić information content (AvgIpc) is 3.31. The van der Waals surface area contributed by atoms with Crippen molar-refractivity contribution >= 4 is 33.8 Å². The van der Waals surface area contributed by atoms with Gasteiger partial charge in [-0.3, -0.25) is 4.90 Å². The van der Waals surface area contributed by atoms with Gasteiger partial charge in [0.05, 0.1) is 34.8 Å². The number of nitrogens with zero attached hydrogens (tertiary/aromatic N) is 6. The topological polar surface area (TPSA) is 68.0 Å². The zero-order chi connectivity index (χ0) is 22.1. The Labute approximate surface area is 193 Å². The number of ether oxygens (including phenoxy) is 2. The maximum Gasteiger partial charge on any atom is 0.319 e. The second kappa shape index (κ2) is 9.00. The van der Waals surface area contributed by atoms with Gasteiger partial charge in [-0.05, 0) is 45.3 Å². The Balaban J connectivity index is 1.57. The van der Waals surface area contributed by atoms with E-state index in [1.165, 1.54) is 6.42 Å². The SMILES string of the molecule is CCCC1(COc2nc(N3CCCOCC3)c3c(cc(Cl)n4nccc34)n2)CCCN1C. The molecule has 5 rings (SSSR count). The van der Waals surface area contributed by atoms with Gasteiger partial charge in [-0.2, -0.15) is 15.1 Å². The van der Waals surface area contributed by atoms with Crippen LogP contribution < -0.4 is 9.64 Å². The summed E-state index contributed by atoms with van der Waals surface area (Å²) in [6.45, 7) is 7.02. The molecule has 0 N–H and O–H groups in total. The molecule has 2 aliphatic rings. The Hall–Kier alpha value is -2.16. The van der Waals surface area contributed by atoms with Crippen LogP contribution in [0.15, 0.2) is 18.3 Å². The van der Waals surface area contributed by atoms with E-state index >= 15 is 0 Å². The molecule has 0 spiro atoms. The van der Waals surface area contributed by atoms with Crippen molar-refractivity contribution in [2.45, 2.75) is 44.6 Å². The molecule has 2 saturated heterocycles. The van der Waals surface area contributed by atoms with E-state index in [1.807, 2.05) is 12.1 Å². The molecule has 1 unspecified atom stereocenters. The lowest BCUT2D eigenvalue weighted by Crippen LogP contribution is -2.46. The Bertz CT molecular complexity index is 1100. The molecular formula is C23H31ClN6O2. The van der Waals surface area contributed by atoms with Crippen LogP contribution in [0.5, 0.6) is 6.01 Å². The molecule has 0 radical (unpaired) electrons. The van der Waals surface area contributed by atoms with E-state index in [1.54, 1.807) is 10.7 Å². The molecule has 0 aromatic carbocycles. The van der Waals surface area contributed by atoms with Crippen LogP contribution >= 0.6 is 11.6 Å². The van der Waals surface area contributed by atoms with Crippen LogP contribution in [0.2, 0.25) is 5.15 Å². The summed E-state index contributed by atoms with van der Waals surface area (Å²) in [5.41, 5.74) is 1.73. The average molecular weight is 459 g/mol. The molecule has 2 aliphatic heterocycles. The molecule has 8 nitrogen and oxygen atoms in total. The number of hydrogen-bond acceptors (Lipinski definition) is 7. The fourth-order valence-corrected chi connectivity index (χ4v) is 5.43. The van der Waals surface area contributed by atoms with Crippen molar-refractivity contribution in [3.8, 4) is 6.01 Å². The third-order valence-electron chi connectivity index (χ3n) is 6.91. The summed E-state index contributed by atoms with van der Waals surface area (Å²) in [5, 5.41) is 5.84. The van der Waals surface area contributed by atoms with Crippen molar-refractivity contribution in [2.24, 2.45) is 0 Å². The fraction of sp³-hybridized carbons (Fsp3) is 0.609. The molecule has 0 bridgehead atoms. The van der Waals surface area contributed by atoms with Gasteiger partial charge >= 0.3 is 6.01 Å². The molecule has 9 heteroatoms. The number of hydrogen-bond donors (Lipinski definition) is 0. The molecule has 1 atom stereocenters. The first-order chi connectivity index (χ1) is 15.6. The second-order valence-corrected chi connectivity index (χ2v) is 9.31. The van der Waals surface area contributed by atoms with E-state index in [0.29, 0.717) is 24.4 Å². The molecule has 0 aliphatic carbocycles. The van der Waals surface area contributed by atoms with Crippen molar-refractivity contribution in [2.75, 3.05) is 51.4 Å². The van der Waals surface area contributed by atoms with Crippen molar-refractivity contribution in [3.63, 3.8) is 0 Å². The summed E-state index contributed by atoms with van der Waals surface area (Å²) >= 11 is 6.52. The number of anilines is 1. The lowest BCUT2D eigenvalue weighted by molar-refractivity contribution is 0.0828. The van der Waals surface area contributed by atoms with Gasteiger partial charge < -0.3 is 14.4 Å². The van der Waals surface area contributed by atoms with Crippen LogP contribution in [-0.2, 0) is 4.74 Å². The maximum atomic E-state index is 6.52. The quantitative estimate of drug-likeness (QED) is 0.520. The fourth-order valence-electron chi connectivity index (χ4n) is 5.19. The minimum Gasteiger partial charge on any atom is -0.461 e. The highest BCUT2D eigenvalue weighted by molar-refractivity contribution is 6.30. The normalized spacial score (nSPS) is 22.7. The third kappa shape index (κ3) is 3.89. The number of halogens is 1. The minimum atomic E-state index is 0.0523. The van der Waals surface area contributed by atoms with Crippen LogP contribution in [0.1, 0.15) is 39.0 Å². The summed E-state index contributed by atoms with van der Waals surface area (Å²) in [7, 11) is 2.20. The smallest absolute Gasteiger partial charge is 0.319 e. The van der Waals surface area contributed by atoms with Gasteiger partial charge in [0.1, 0.15) is 17.6 Å². The molecule has 32 heavy (non-hydrogen) atoms. The van der Waals surface area contributed by atoms with Gasteiger partial charge in [-0.1, -0.05) is 24.9 Å². The van der Waals surface area contributed by atoms with E-state index in [4.69, 9.17) is 31.0 Å². The summed E-state index contributed by atoms with van der Waals surface area (Å²) in [6.07, 6.45) is 7.28. The number of fused-ring (bicyclic) bond motifs is 3. The zero-order valence-electron chi connectivity index (χ0n) is 18.9. The highest BCUT2D eigenvalue weighted by atomic mass is 35.5. The van der Waals surface area contributed by atoms with E-state index < -0.39 is 0 Å². The lowest BCUT2D eigenvalue weighted by atomic mass is 9.92. The summed E-state index contributed by atoms with van der Waals surface area (Å²) in [6, 6.07) is 4.22. The van der Waals surface area contributed by atoms with Gasteiger partial charge in [0.25, 0.3) is 0 Å². The van der Waals surface area contributed by atoms with E-state index in [2.05, 4.69) is 28.9 Å². The van der Waals surface area contributed by atoms with Crippen molar-refractivity contribution < 1.29 is 9.47 Å². The first kappa shape index (κ1) is 21.7. The van der Waals surface area contributed by atoms with E-state index in [9.17, 15) is 0 Å². The predicted molar refractivity (Wildman–Crippen MR) is 126 cm³/mol. The molecule has 2 fully saturated rings. The van der Waals surface area contributed by atoms with E-state index in [0.717, 1.165) is 74.2 Å². The van der Waals surface area contributed by atoms with Gasteiger partial charge in [-0.15, -0.1) is 0 Å². The summed E-state index contributed by atoms with van der Waals surface area (Å²) in [5.74, 6) is 0.863.